The average Bonchev–Trinajstić information content (AvgIpc) is 3.30. The molecule has 0 aliphatic carbocycles. The van der Waals surface area contributed by atoms with Crippen molar-refractivity contribution >= 4 is 34.6 Å². The third-order valence-electron chi connectivity index (χ3n) is 7.30. The minimum absolute atomic E-state index is 0.134. The number of aryl methyl sites for hydroxylation is 3. The predicted octanol–water partition coefficient (Wildman–Crippen LogP) is 5.85. The van der Waals surface area contributed by atoms with Gasteiger partial charge in [0.15, 0.2) is 5.57 Å². The molecule has 6 nitrogen and oxygen atoms in total. The summed E-state index contributed by atoms with van der Waals surface area (Å²) in [5.41, 5.74) is 6.30. The van der Waals surface area contributed by atoms with Crippen LogP contribution in [0.25, 0.3) is 17.3 Å². The van der Waals surface area contributed by atoms with Crippen LogP contribution in [-0.4, -0.2) is 10.5 Å². The third kappa shape index (κ3) is 6.35. The number of hydrogen-bond donors (Lipinski definition) is 1. The topological polar surface area (TPSA) is 84.1 Å². The summed E-state index contributed by atoms with van der Waals surface area (Å²) >= 11 is 1.12. The molecule has 43 heavy (non-hydrogen) atoms. The summed E-state index contributed by atoms with van der Waals surface area (Å²) < 4.78 is 8.16. The van der Waals surface area contributed by atoms with E-state index in [0.717, 1.165) is 44.7 Å². The lowest BCUT2D eigenvalue weighted by atomic mass is 10.1. The quantitative estimate of drug-likeness (QED) is 0.260. The molecule has 0 aliphatic rings. The Morgan fingerprint density at radius 2 is 1.58 bits per heavy atom. The van der Waals surface area contributed by atoms with E-state index >= 15 is 0 Å². The molecule has 0 spiro atoms. The van der Waals surface area contributed by atoms with Crippen LogP contribution in [0.5, 0.6) is 5.75 Å². The Morgan fingerprint density at radius 1 is 0.907 bits per heavy atom. The fraction of sp³-hybridized carbons (Fsp3) is 0.139. The van der Waals surface area contributed by atoms with Gasteiger partial charge < -0.3 is 10.1 Å². The fourth-order valence-electron chi connectivity index (χ4n) is 4.86. The van der Waals surface area contributed by atoms with Gasteiger partial charge in [0.25, 0.3) is 11.5 Å². The van der Waals surface area contributed by atoms with Crippen LogP contribution in [-0.2, 0) is 11.4 Å². The molecule has 214 valence electrons. The van der Waals surface area contributed by atoms with E-state index in [-0.39, 0.29) is 15.8 Å². The van der Waals surface area contributed by atoms with Gasteiger partial charge in [0.2, 0.25) is 0 Å². The van der Waals surface area contributed by atoms with Gasteiger partial charge in [-0.05, 0) is 85.4 Å². The number of benzene rings is 4. The standard InChI is InChI=1S/C36H31N3O3S/c1-23-11-9-18-31(26(23)4)38-34(40)30(21-37)36-39(33-24(2)12-8-13-25(33)3)35(41)32(43-36)20-28-16-10-17-29(19-28)42-22-27-14-6-5-7-15-27/h5-20H,22H2,1-4H3,(H,38,40)/b32-20-,36-30-. The van der Waals surface area contributed by atoms with Crippen LogP contribution in [0.3, 0.4) is 0 Å². The van der Waals surface area contributed by atoms with E-state index in [1.807, 2.05) is 113 Å². The number of rotatable bonds is 7. The molecular formula is C36H31N3O3S. The monoisotopic (exact) mass is 585 g/mol. The van der Waals surface area contributed by atoms with Crippen molar-refractivity contribution in [2.45, 2.75) is 34.3 Å². The van der Waals surface area contributed by atoms with Gasteiger partial charge in [-0.1, -0.05) is 72.8 Å². The van der Waals surface area contributed by atoms with Gasteiger partial charge in [0, 0.05) is 5.69 Å². The zero-order valence-electron chi connectivity index (χ0n) is 24.5. The lowest BCUT2D eigenvalue weighted by molar-refractivity contribution is -0.111. The largest absolute Gasteiger partial charge is 0.489 e. The molecule has 1 heterocycles. The van der Waals surface area contributed by atoms with Crippen molar-refractivity contribution in [2.75, 3.05) is 5.32 Å². The molecule has 1 N–H and O–H groups in total. The van der Waals surface area contributed by atoms with Gasteiger partial charge >= 0.3 is 0 Å². The van der Waals surface area contributed by atoms with E-state index in [1.54, 1.807) is 12.1 Å². The van der Waals surface area contributed by atoms with Crippen LogP contribution in [0.2, 0.25) is 0 Å². The van der Waals surface area contributed by atoms with E-state index < -0.39 is 5.91 Å². The Balaban J connectivity index is 1.65. The number of amides is 1. The van der Waals surface area contributed by atoms with E-state index in [4.69, 9.17) is 4.74 Å². The summed E-state index contributed by atoms with van der Waals surface area (Å²) in [6.07, 6.45) is 1.77. The van der Waals surface area contributed by atoms with E-state index in [9.17, 15) is 14.9 Å². The lowest BCUT2D eigenvalue weighted by Crippen LogP contribution is -2.33. The van der Waals surface area contributed by atoms with Crippen LogP contribution in [0.1, 0.15) is 33.4 Å². The number of carbonyl (C=O) groups is 1. The maximum atomic E-state index is 14.1. The number of para-hydroxylation sites is 1. The number of carbonyl (C=O) groups excluding carboxylic acids is 1. The SMILES string of the molecule is Cc1cccc(NC(=O)/C(C#N)=c2\s/c(=C\c3cccc(OCc4ccccc4)c3)c(=O)n2-c2c(C)cccc2C)c1C. The maximum Gasteiger partial charge on any atom is 0.273 e. The number of ether oxygens (including phenoxy) is 1. The smallest absolute Gasteiger partial charge is 0.273 e. The number of nitrogens with zero attached hydrogens (tertiary/aromatic N) is 2. The summed E-state index contributed by atoms with van der Waals surface area (Å²) in [7, 11) is 0. The van der Waals surface area contributed by atoms with Gasteiger partial charge in [0.1, 0.15) is 23.1 Å². The number of hydrogen-bond acceptors (Lipinski definition) is 5. The molecule has 4 aromatic carbocycles. The molecule has 0 aliphatic heterocycles. The first-order valence-electron chi connectivity index (χ1n) is 13.9. The molecule has 1 amide bonds. The van der Waals surface area contributed by atoms with Crippen LogP contribution >= 0.6 is 11.3 Å². The minimum Gasteiger partial charge on any atom is -0.489 e. The molecule has 0 bridgehead atoms. The first-order chi connectivity index (χ1) is 20.8. The van der Waals surface area contributed by atoms with Crippen LogP contribution in [0, 0.1) is 39.0 Å². The third-order valence-corrected chi connectivity index (χ3v) is 8.39. The Morgan fingerprint density at radius 3 is 2.30 bits per heavy atom. The van der Waals surface area contributed by atoms with Crippen molar-refractivity contribution in [2.24, 2.45) is 0 Å². The fourth-order valence-corrected chi connectivity index (χ4v) is 5.95. The highest BCUT2D eigenvalue weighted by Crippen LogP contribution is 2.20. The second-order valence-electron chi connectivity index (χ2n) is 10.3. The van der Waals surface area contributed by atoms with Crippen molar-refractivity contribution in [1.29, 1.82) is 5.26 Å². The van der Waals surface area contributed by atoms with Gasteiger partial charge in [-0.15, -0.1) is 11.3 Å². The van der Waals surface area contributed by atoms with E-state index in [1.165, 1.54) is 4.57 Å². The van der Waals surface area contributed by atoms with Crippen LogP contribution in [0.15, 0.2) is 95.8 Å². The number of nitriles is 1. The van der Waals surface area contributed by atoms with Crippen LogP contribution < -0.4 is 24.8 Å². The van der Waals surface area contributed by atoms with E-state index in [0.29, 0.717) is 28.3 Å². The Kier molecular flexibility index (Phi) is 8.70. The van der Waals surface area contributed by atoms with Crippen molar-refractivity contribution in [3.05, 3.63) is 144 Å². The zero-order chi connectivity index (χ0) is 30.5. The van der Waals surface area contributed by atoms with Crippen LogP contribution in [0.4, 0.5) is 5.69 Å². The highest BCUT2D eigenvalue weighted by atomic mass is 32.1. The molecule has 5 rings (SSSR count). The van der Waals surface area contributed by atoms with Crippen molar-refractivity contribution in [3.63, 3.8) is 0 Å². The Bertz CT molecular complexity index is 2030. The highest BCUT2D eigenvalue weighted by molar-refractivity contribution is 7.07. The van der Waals surface area contributed by atoms with Crippen molar-refractivity contribution < 1.29 is 9.53 Å². The zero-order valence-corrected chi connectivity index (χ0v) is 25.3. The Labute approximate surface area is 254 Å². The van der Waals surface area contributed by atoms with Gasteiger partial charge in [-0.3, -0.25) is 14.2 Å². The molecule has 0 saturated heterocycles. The molecule has 7 heteroatoms. The maximum absolute atomic E-state index is 14.1. The molecule has 5 aromatic rings. The second-order valence-corrected chi connectivity index (χ2v) is 11.4. The average molecular weight is 586 g/mol. The van der Waals surface area contributed by atoms with Gasteiger partial charge in [-0.25, -0.2) is 0 Å². The molecule has 0 unspecified atom stereocenters. The van der Waals surface area contributed by atoms with Gasteiger partial charge in [0.05, 0.1) is 10.2 Å². The minimum atomic E-state index is -0.569. The second kappa shape index (κ2) is 12.8. The summed E-state index contributed by atoms with van der Waals surface area (Å²) in [6.45, 7) is 8.12. The number of thiazole rings is 1. The molecule has 0 saturated carbocycles. The van der Waals surface area contributed by atoms with Gasteiger partial charge in [-0.2, -0.15) is 5.26 Å². The Hall–Kier alpha value is -5.19. The number of nitrogens with one attached hydrogen (secondary N) is 1. The molecular weight excluding hydrogens is 554 g/mol. The predicted molar refractivity (Wildman–Crippen MR) is 173 cm³/mol. The van der Waals surface area contributed by atoms with Crippen molar-refractivity contribution in [3.8, 4) is 17.5 Å². The first-order valence-corrected chi connectivity index (χ1v) is 14.7. The summed E-state index contributed by atoms with van der Waals surface area (Å²) in [5.74, 6) is 0.0990. The summed E-state index contributed by atoms with van der Waals surface area (Å²) in [6, 6.07) is 30.8. The summed E-state index contributed by atoms with van der Waals surface area (Å²) in [4.78, 5) is 27.6. The van der Waals surface area contributed by atoms with Crippen molar-refractivity contribution in [1.82, 2.24) is 4.57 Å². The number of aromatic nitrogens is 1. The molecule has 1 aromatic heterocycles. The molecule has 0 fully saturated rings. The lowest BCUT2D eigenvalue weighted by Gasteiger charge is -2.12. The number of anilines is 1. The first kappa shape index (κ1) is 29.3. The normalized spacial score (nSPS) is 12.0. The molecule has 0 atom stereocenters. The summed E-state index contributed by atoms with van der Waals surface area (Å²) in [5, 5.41) is 13.1. The van der Waals surface area contributed by atoms with E-state index in [2.05, 4.69) is 11.4 Å². The molecule has 0 radical (unpaired) electrons. The highest BCUT2D eigenvalue weighted by Gasteiger charge is 2.20.